The first-order valence-corrected chi connectivity index (χ1v) is 10.9. The predicted molar refractivity (Wildman–Crippen MR) is 112 cm³/mol. The molecule has 3 nitrogen and oxygen atoms in total. The van der Waals surface area contributed by atoms with Gasteiger partial charge in [0, 0.05) is 12.8 Å². The fourth-order valence-corrected chi connectivity index (χ4v) is 3.77. The van der Waals surface area contributed by atoms with Crippen LogP contribution in [0.2, 0.25) is 0 Å². The summed E-state index contributed by atoms with van der Waals surface area (Å²) in [7, 11) is 0. The van der Waals surface area contributed by atoms with Crippen molar-refractivity contribution in [3.05, 3.63) is 65.7 Å². The number of benzene rings is 2. The normalized spacial score (nSPS) is 16.3. The van der Waals surface area contributed by atoms with E-state index in [9.17, 15) is 67.0 Å². The van der Waals surface area contributed by atoms with Crippen LogP contribution in [0.1, 0.15) is 37.3 Å². The van der Waals surface area contributed by atoms with Gasteiger partial charge in [0.15, 0.2) is 0 Å². The molecule has 2 atom stereocenters. The second kappa shape index (κ2) is 10.4. The van der Waals surface area contributed by atoms with Crippen molar-refractivity contribution in [2.24, 2.45) is 0 Å². The number of esters is 1. The molecule has 2 unspecified atom stereocenters. The molecule has 0 radical (unpaired) electrons. The van der Waals surface area contributed by atoms with E-state index in [1.54, 1.807) is 0 Å². The topological polar surface area (TPSA) is 46.5 Å². The average molecular weight is 602 g/mol. The highest BCUT2D eigenvalue weighted by Gasteiger charge is 2.90. The molecule has 1 N–H and O–H groups in total. The van der Waals surface area contributed by atoms with Gasteiger partial charge >= 0.3 is 41.8 Å². The number of carbonyl (C=O) groups is 1. The Bertz CT molecular complexity index is 1200. The quantitative estimate of drug-likeness (QED) is 0.172. The highest BCUT2D eigenvalue weighted by atomic mass is 19.4. The summed E-state index contributed by atoms with van der Waals surface area (Å²) < 4.78 is 183. The lowest BCUT2D eigenvalue weighted by atomic mass is 9.73. The van der Waals surface area contributed by atoms with E-state index in [0.29, 0.717) is 6.07 Å². The van der Waals surface area contributed by atoms with E-state index in [1.807, 2.05) is 0 Å². The van der Waals surface area contributed by atoms with Crippen LogP contribution >= 0.6 is 0 Å². The summed E-state index contributed by atoms with van der Waals surface area (Å²) in [6.45, 7) is 1.81. The van der Waals surface area contributed by atoms with Gasteiger partial charge in [0.1, 0.15) is 11.4 Å². The fraction of sp³-hybridized carbons (Fsp3) is 0.458. The zero-order valence-corrected chi connectivity index (χ0v) is 20.2. The molecule has 0 aliphatic heterocycles. The average Bonchev–Trinajstić information content (AvgIpc) is 2.82. The van der Waals surface area contributed by atoms with Crippen LogP contribution in [0.5, 0.6) is 5.75 Å². The minimum absolute atomic E-state index is 0.109. The van der Waals surface area contributed by atoms with E-state index < -0.39 is 71.0 Å². The zero-order valence-electron chi connectivity index (χ0n) is 20.2. The lowest BCUT2D eigenvalue weighted by molar-refractivity contribution is -0.441. The molecule has 0 amide bonds. The third-order valence-corrected chi connectivity index (χ3v) is 6.10. The van der Waals surface area contributed by atoms with E-state index in [-0.39, 0.29) is 5.56 Å². The summed E-state index contributed by atoms with van der Waals surface area (Å²) in [6.07, 6.45) is -10.4. The lowest BCUT2D eigenvalue weighted by Gasteiger charge is -2.43. The second-order valence-electron chi connectivity index (χ2n) is 8.85. The van der Waals surface area contributed by atoms with Crippen LogP contribution in [0, 0.1) is 0 Å². The molecule has 2 aromatic rings. The Morgan fingerprint density at radius 3 is 1.73 bits per heavy atom. The molecule has 0 aromatic heterocycles. The number of halogens is 13. The molecule has 0 saturated heterocycles. The number of ether oxygens (including phenoxy) is 1. The molecular weight excluding hydrogens is 583 g/mol. The molecule has 224 valence electrons. The monoisotopic (exact) mass is 602 g/mol. The maximum atomic E-state index is 14.9. The first-order chi connectivity index (χ1) is 17.9. The van der Waals surface area contributed by atoms with Crippen molar-refractivity contribution in [3.8, 4) is 5.75 Å². The van der Waals surface area contributed by atoms with Crippen molar-refractivity contribution in [1.82, 2.24) is 0 Å². The fourth-order valence-electron chi connectivity index (χ4n) is 3.77. The van der Waals surface area contributed by atoms with Gasteiger partial charge < -0.3 is 9.84 Å². The Balaban J connectivity index is 2.72. The Morgan fingerprint density at radius 2 is 1.25 bits per heavy atom. The summed E-state index contributed by atoms with van der Waals surface area (Å²) in [4.78, 5) is 11.2. The summed E-state index contributed by atoms with van der Waals surface area (Å²) in [5.41, 5.74) is -4.35. The number of aliphatic hydroxyl groups is 1. The van der Waals surface area contributed by atoms with Gasteiger partial charge in [-0.15, -0.1) is 0 Å². The van der Waals surface area contributed by atoms with E-state index in [4.69, 9.17) is 4.74 Å². The van der Waals surface area contributed by atoms with Crippen molar-refractivity contribution >= 4 is 5.97 Å². The van der Waals surface area contributed by atoms with Crippen LogP contribution in [-0.2, 0) is 10.4 Å². The molecule has 0 aliphatic rings. The first kappa shape index (κ1) is 33.2. The highest BCUT2D eigenvalue weighted by molar-refractivity contribution is 5.69. The smallest absolute Gasteiger partial charge is 0.427 e. The van der Waals surface area contributed by atoms with Crippen LogP contribution < -0.4 is 4.74 Å². The van der Waals surface area contributed by atoms with Crippen molar-refractivity contribution in [2.45, 2.75) is 67.6 Å². The van der Waals surface area contributed by atoms with E-state index in [0.717, 1.165) is 44.2 Å². The molecule has 0 aliphatic carbocycles. The van der Waals surface area contributed by atoms with Gasteiger partial charge in [-0.3, -0.25) is 4.79 Å². The van der Waals surface area contributed by atoms with Crippen LogP contribution in [0.3, 0.4) is 0 Å². The molecule has 0 heterocycles. The maximum Gasteiger partial charge on any atom is 0.460 e. The minimum Gasteiger partial charge on any atom is -0.427 e. The van der Waals surface area contributed by atoms with Gasteiger partial charge in [-0.25, -0.2) is 0 Å². The molecule has 16 heteroatoms. The van der Waals surface area contributed by atoms with Crippen molar-refractivity contribution < 1.29 is 71.7 Å². The van der Waals surface area contributed by atoms with Crippen molar-refractivity contribution in [2.75, 3.05) is 0 Å². The molecule has 2 aromatic carbocycles. The van der Waals surface area contributed by atoms with Gasteiger partial charge in [-0.05, 0) is 23.3 Å². The third kappa shape index (κ3) is 5.46. The minimum atomic E-state index is -8.07. The van der Waals surface area contributed by atoms with Crippen molar-refractivity contribution in [3.63, 3.8) is 0 Å². The number of hydrogen-bond donors (Lipinski definition) is 1. The van der Waals surface area contributed by atoms with Gasteiger partial charge in [0.25, 0.3) is 0 Å². The molecule has 0 fully saturated rings. The molecular formula is C24H19F13O3. The van der Waals surface area contributed by atoms with Gasteiger partial charge in [0.2, 0.25) is 0 Å². The van der Waals surface area contributed by atoms with Crippen LogP contribution in [0.15, 0.2) is 54.6 Å². The summed E-state index contributed by atoms with van der Waals surface area (Å²) in [5.74, 6) is -41.3. The second-order valence-corrected chi connectivity index (χ2v) is 8.85. The van der Waals surface area contributed by atoms with Crippen molar-refractivity contribution in [1.29, 1.82) is 0 Å². The summed E-state index contributed by atoms with van der Waals surface area (Å²) in [6, 6.07) is 9.68. The van der Waals surface area contributed by atoms with Gasteiger partial charge in [-0.1, -0.05) is 49.4 Å². The molecule has 2 rings (SSSR count). The summed E-state index contributed by atoms with van der Waals surface area (Å²) >= 11 is 0. The van der Waals surface area contributed by atoms with E-state index >= 15 is 0 Å². The summed E-state index contributed by atoms with van der Waals surface area (Å²) in [5, 5.41) is 11.3. The number of alkyl halides is 13. The maximum absolute atomic E-state index is 14.9. The van der Waals surface area contributed by atoms with E-state index in [2.05, 4.69) is 0 Å². The Kier molecular flexibility index (Phi) is 8.64. The standard InChI is InChI=1S/C24H19F13O3/c1-13(15-7-4-3-5-8-15)18(39,16-9-6-10-17(11-16)40-14(2)38)12-19(25,26)20(27,28)21(29,30)22(31,32)23(33,34)24(35,36)37/h3-11,13,39H,12H2,1-2H3. The number of rotatable bonds is 10. The van der Waals surface area contributed by atoms with Crippen LogP contribution in [0.25, 0.3) is 0 Å². The van der Waals surface area contributed by atoms with Crippen LogP contribution in [-0.4, -0.2) is 46.9 Å². The Labute approximate surface area is 217 Å². The number of carbonyl (C=O) groups excluding carboxylic acids is 1. The Morgan fingerprint density at radius 1 is 0.750 bits per heavy atom. The number of hydrogen-bond acceptors (Lipinski definition) is 3. The largest absolute Gasteiger partial charge is 0.460 e. The first-order valence-electron chi connectivity index (χ1n) is 10.9. The zero-order chi connectivity index (χ0) is 31.2. The third-order valence-electron chi connectivity index (χ3n) is 6.10. The predicted octanol–water partition coefficient (Wildman–Crippen LogP) is 7.73. The molecule has 40 heavy (non-hydrogen) atoms. The van der Waals surface area contributed by atoms with E-state index in [1.165, 1.54) is 18.2 Å². The molecule has 0 spiro atoms. The Hall–Kier alpha value is -3.04. The van der Waals surface area contributed by atoms with Gasteiger partial charge in [-0.2, -0.15) is 57.1 Å². The van der Waals surface area contributed by atoms with Crippen LogP contribution in [0.4, 0.5) is 57.1 Å². The SMILES string of the molecule is CC(=O)Oc1cccc(C(O)(CC(F)(F)C(F)(F)C(F)(F)C(F)(F)C(F)(F)C(F)(F)F)C(C)c2ccccc2)c1. The molecule has 0 saturated carbocycles. The molecule has 0 bridgehead atoms. The highest BCUT2D eigenvalue weighted by Crippen LogP contribution is 2.62. The van der Waals surface area contributed by atoms with Gasteiger partial charge in [0.05, 0.1) is 6.42 Å². The lowest BCUT2D eigenvalue weighted by Crippen LogP contribution is -2.70.